The Hall–Kier alpha value is -1.00. The summed E-state index contributed by atoms with van der Waals surface area (Å²) in [7, 11) is 0. The summed E-state index contributed by atoms with van der Waals surface area (Å²) in [5.74, 6) is 0. The Morgan fingerprint density at radius 1 is 1.22 bits per heavy atom. The lowest BCUT2D eigenvalue weighted by Crippen LogP contribution is -2.31. The number of nitrogens with zero attached hydrogens (tertiary/aromatic N) is 1. The first-order valence-electron chi connectivity index (χ1n) is 6.61. The fraction of sp³-hybridized carbons (Fsp3) is 0.562. The minimum absolute atomic E-state index is 0.180. The van der Waals surface area contributed by atoms with Crippen molar-refractivity contribution in [2.24, 2.45) is 10.8 Å². The maximum Gasteiger partial charge on any atom is 0.0693 e. The summed E-state index contributed by atoms with van der Waals surface area (Å²) < 4.78 is 0. The second-order valence-corrected chi connectivity index (χ2v) is 6.80. The van der Waals surface area contributed by atoms with E-state index in [-0.39, 0.29) is 5.41 Å². The molecule has 0 aromatic heterocycles. The third-order valence-electron chi connectivity index (χ3n) is 4.23. The van der Waals surface area contributed by atoms with E-state index in [2.05, 4.69) is 26.0 Å². The summed E-state index contributed by atoms with van der Waals surface area (Å²) in [4.78, 5) is 0. The van der Waals surface area contributed by atoms with Gasteiger partial charge in [-0.15, -0.1) is 0 Å². The Labute approximate surface area is 115 Å². The van der Waals surface area contributed by atoms with Crippen molar-refractivity contribution in [2.75, 3.05) is 0 Å². The van der Waals surface area contributed by atoms with E-state index in [4.69, 9.17) is 11.6 Å². The van der Waals surface area contributed by atoms with Crippen LogP contribution >= 0.6 is 11.6 Å². The lowest BCUT2D eigenvalue weighted by Gasteiger charge is -2.39. The Bertz CT molecular complexity index is 460. The molecule has 0 heterocycles. The van der Waals surface area contributed by atoms with Crippen LogP contribution in [0.3, 0.4) is 0 Å². The lowest BCUT2D eigenvalue weighted by atomic mass is 9.64. The molecule has 1 aliphatic rings. The summed E-state index contributed by atoms with van der Waals surface area (Å²) in [6.07, 6.45) is 5.12. The molecule has 0 unspecified atom stereocenters. The van der Waals surface area contributed by atoms with Crippen molar-refractivity contribution >= 4 is 11.6 Å². The molecule has 96 valence electrons. The summed E-state index contributed by atoms with van der Waals surface area (Å²) in [5, 5.41) is 10.3. The zero-order valence-electron chi connectivity index (χ0n) is 11.2. The summed E-state index contributed by atoms with van der Waals surface area (Å²) in [6, 6.07) is 10.5. The van der Waals surface area contributed by atoms with E-state index in [0.29, 0.717) is 5.41 Å². The molecule has 2 heteroatoms. The van der Waals surface area contributed by atoms with Crippen LogP contribution in [0.25, 0.3) is 0 Å². The SMILES string of the molecule is CC1(C)CCC(C#N)(Cc2cccc(Cl)c2)CC1. The van der Waals surface area contributed by atoms with Crippen molar-refractivity contribution in [3.05, 3.63) is 34.9 Å². The first-order chi connectivity index (χ1) is 8.45. The molecule has 1 saturated carbocycles. The highest BCUT2D eigenvalue weighted by Crippen LogP contribution is 2.46. The monoisotopic (exact) mass is 261 g/mol. The molecule has 0 N–H and O–H groups in total. The van der Waals surface area contributed by atoms with Crippen molar-refractivity contribution < 1.29 is 0 Å². The van der Waals surface area contributed by atoms with Gasteiger partial charge in [0.25, 0.3) is 0 Å². The van der Waals surface area contributed by atoms with Crippen LogP contribution < -0.4 is 0 Å². The van der Waals surface area contributed by atoms with Gasteiger partial charge < -0.3 is 0 Å². The molecule has 0 amide bonds. The molecular formula is C16H20ClN. The standard InChI is InChI=1S/C16H20ClN/c1-15(2)6-8-16(12-18,9-7-15)11-13-4-3-5-14(17)10-13/h3-5,10H,6-9,11H2,1-2H3. The van der Waals surface area contributed by atoms with Gasteiger partial charge in [-0.3, -0.25) is 0 Å². The van der Waals surface area contributed by atoms with Crippen molar-refractivity contribution in [3.63, 3.8) is 0 Å². The summed E-state index contributed by atoms with van der Waals surface area (Å²) >= 11 is 6.01. The van der Waals surface area contributed by atoms with Gasteiger partial charge in [-0.25, -0.2) is 0 Å². The molecule has 1 fully saturated rings. The van der Waals surface area contributed by atoms with Crippen LogP contribution in [0.15, 0.2) is 24.3 Å². The maximum atomic E-state index is 9.56. The molecule has 0 bridgehead atoms. The van der Waals surface area contributed by atoms with Gasteiger partial charge in [0.05, 0.1) is 11.5 Å². The van der Waals surface area contributed by atoms with Crippen LogP contribution in [0.4, 0.5) is 0 Å². The molecule has 18 heavy (non-hydrogen) atoms. The van der Waals surface area contributed by atoms with E-state index in [1.807, 2.05) is 18.2 Å². The summed E-state index contributed by atoms with van der Waals surface area (Å²) in [5.41, 5.74) is 1.40. The smallest absolute Gasteiger partial charge is 0.0693 e. The van der Waals surface area contributed by atoms with Crippen molar-refractivity contribution in [3.8, 4) is 6.07 Å². The van der Waals surface area contributed by atoms with Crippen LogP contribution in [-0.2, 0) is 6.42 Å². The minimum atomic E-state index is -0.180. The van der Waals surface area contributed by atoms with Crippen molar-refractivity contribution in [1.82, 2.24) is 0 Å². The third kappa shape index (κ3) is 3.06. The van der Waals surface area contributed by atoms with E-state index in [1.165, 1.54) is 5.56 Å². The molecule has 1 aromatic rings. The van der Waals surface area contributed by atoms with Gasteiger partial charge in [0.2, 0.25) is 0 Å². The van der Waals surface area contributed by atoms with E-state index >= 15 is 0 Å². The molecular weight excluding hydrogens is 242 g/mol. The van der Waals surface area contributed by atoms with E-state index < -0.39 is 0 Å². The van der Waals surface area contributed by atoms with E-state index in [9.17, 15) is 5.26 Å². The number of nitriles is 1. The number of benzene rings is 1. The molecule has 1 nitrogen and oxygen atoms in total. The van der Waals surface area contributed by atoms with Gasteiger partial charge in [0.1, 0.15) is 0 Å². The second kappa shape index (κ2) is 4.94. The fourth-order valence-corrected chi connectivity index (χ4v) is 2.98. The van der Waals surface area contributed by atoms with Gasteiger partial charge in [-0.05, 0) is 55.2 Å². The molecule has 2 rings (SSSR count). The van der Waals surface area contributed by atoms with E-state index in [0.717, 1.165) is 37.1 Å². The minimum Gasteiger partial charge on any atom is -0.198 e. The zero-order valence-corrected chi connectivity index (χ0v) is 11.9. The van der Waals surface area contributed by atoms with Crippen LogP contribution in [0.2, 0.25) is 5.02 Å². The molecule has 0 radical (unpaired) electrons. The van der Waals surface area contributed by atoms with E-state index in [1.54, 1.807) is 0 Å². The highest BCUT2D eigenvalue weighted by atomic mass is 35.5. The number of hydrogen-bond acceptors (Lipinski definition) is 1. The largest absolute Gasteiger partial charge is 0.198 e. The van der Waals surface area contributed by atoms with Gasteiger partial charge in [-0.2, -0.15) is 5.26 Å². The van der Waals surface area contributed by atoms with Crippen LogP contribution in [-0.4, -0.2) is 0 Å². The number of hydrogen-bond donors (Lipinski definition) is 0. The normalized spacial score (nSPS) is 21.2. The Morgan fingerprint density at radius 3 is 2.44 bits per heavy atom. The molecule has 0 spiro atoms. The highest BCUT2D eigenvalue weighted by Gasteiger charge is 2.38. The van der Waals surface area contributed by atoms with Gasteiger partial charge in [0, 0.05) is 5.02 Å². The fourth-order valence-electron chi connectivity index (χ4n) is 2.77. The number of rotatable bonds is 2. The first-order valence-corrected chi connectivity index (χ1v) is 6.98. The highest BCUT2D eigenvalue weighted by molar-refractivity contribution is 6.30. The Balaban J connectivity index is 2.13. The first kappa shape index (κ1) is 13.4. The topological polar surface area (TPSA) is 23.8 Å². The predicted octanol–water partition coefficient (Wildman–Crippen LogP) is 4.99. The van der Waals surface area contributed by atoms with Gasteiger partial charge in [0.15, 0.2) is 0 Å². The Kier molecular flexibility index (Phi) is 3.69. The summed E-state index contributed by atoms with van der Waals surface area (Å²) in [6.45, 7) is 4.60. The maximum absolute atomic E-state index is 9.56. The zero-order chi connectivity index (χ0) is 13.2. The third-order valence-corrected chi connectivity index (χ3v) is 4.46. The second-order valence-electron chi connectivity index (χ2n) is 6.36. The average molecular weight is 262 g/mol. The molecule has 1 aliphatic carbocycles. The number of halogens is 1. The quantitative estimate of drug-likeness (QED) is 0.736. The Morgan fingerprint density at radius 2 is 1.89 bits per heavy atom. The van der Waals surface area contributed by atoms with Crippen molar-refractivity contribution in [2.45, 2.75) is 46.0 Å². The molecule has 1 aromatic carbocycles. The molecule has 0 saturated heterocycles. The van der Waals surface area contributed by atoms with Crippen LogP contribution in [0.1, 0.15) is 45.1 Å². The lowest BCUT2D eigenvalue weighted by molar-refractivity contribution is 0.146. The predicted molar refractivity (Wildman–Crippen MR) is 75.5 cm³/mol. The van der Waals surface area contributed by atoms with Crippen LogP contribution in [0.5, 0.6) is 0 Å². The van der Waals surface area contributed by atoms with Gasteiger partial charge >= 0.3 is 0 Å². The van der Waals surface area contributed by atoms with Crippen LogP contribution in [0, 0.1) is 22.2 Å². The van der Waals surface area contributed by atoms with Crippen molar-refractivity contribution in [1.29, 1.82) is 5.26 Å². The van der Waals surface area contributed by atoms with Gasteiger partial charge in [-0.1, -0.05) is 37.6 Å². The molecule has 0 aliphatic heterocycles. The average Bonchev–Trinajstić information content (AvgIpc) is 2.33. The molecule has 0 atom stereocenters.